The summed E-state index contributed by atoms with van der Waals surface area (Å²) in [5.74, 6) is -0.0200. The van der Waals surface area contributed by atoms with Gasteiger partial charge in [0.2, 0.25) is 15.9 Å². The number of anilines is 1. The van der Waals surface area contributed by atoms with Crippen molar-refractivity contribution in [2.24, 2.45) is 0 Å². The van der Waals surface area contributed by atoms with Crippen LogP contribution in [0.5, 0.6) is 0 Å². The van der Waals surface area contributed by atoms with E-state index in [1.807, 2.05) is 0 Å². The fraction of sp³-hybridized carbons (Fsp3) is 0.444. The van der Waals surface area contributed by atoms with Gasteiger partial charge in [-0.2, -0.15) is 4.31 Å². The van der Waals surface area contributed by atoms with Crippen molar-refractivity contribution < 1.29 is 13.2 Å². The number of fused-ring (bicyclic) bond motifs is 1. The second kappa shape index (κ2) is 6.85. The molecule has 0 atom stereocenters. The molecular weight excluding hydrogens is 352 g/mol. The van der Waals surface area contributed by atoms with E-state index in [1.54, 1.807) is 50.7 Å². The number of imidazole rings is 1. The number of benzene rings is 1. The van der Waals surface area contributed by atoms with E-state index in [2.05, 4.69) is 4.98 Å². The number of hydrogen-bond donors (Lipinski definition) is 0. The maximum absolute atomic E-state index is 12.8. The van der Waals surface area contributed by atoms with Crippen LogP contribution in [0, 0.1) is 0 Å². The van der Waals surface area contributed by atoms with Crippen molar-refractivity contribution in [2.45, 2.75) is 37.1 Å². The van der Waals surface area contributed by atoms with Crippen molar-refractivity contribution >= 4 is 21.6 Å². The van der Waals surface area contributed by atoms with Gasteiger partial charge in [-0.1, -0.05) is 6.42 Å². The molecule has 0 bridgehead atoms. The molecule has 0 saturated carbocycles. The highest BCUT2D eigenvalue weighted by Crippen LogP contribution is 2.32. The Hall–Kier alpha value is -2.19. The molecule has 26 heavy (non-hydrogen) atoms. The summed E-state index contributed by atoms with van der Waals surface area (Å²) >= 11 is 0. The smallest absolute Gasteiger partial charge is 0.246 e. The van der Waals surface area contributed by atoms with Crippen LogP contribution >= 0.6 is 0 Å². The minimum Gasteiger partial charge on any atom is -0.328 e. The second-order valence-electron chi connectivity index (χ2n) is 6.79. The lowest BCUT2D eigenvalue weighted by Gasteiger charge is -2.26. The van der Waals surface area contributed by atoms with Gasteiger partial charge in [-0.15, -0.1) is 0 Å². The summed E-state index contributed by atoms with van der Waals surface area (Å²) in [6.07, 6.45) is 8.61. The molecule has 0 radical (unpaired) electrons. The Morgan fingerprint density at radius 2 is 1.92 bits per heavy atom. The summed E-state index contributed by atoms with van der Waals surface area (Å²) in [6.45, 7) is 1.99. The molecule has 1 fully saturated rings. The minimum absolute atomic E-state index is 0.0200. The molecule has 3 heterocycles. The predicted molar refractivity (Wildman–Crippen MR) is 97.3 cm³/mol. The van der Waals surface area contributed by atoms with Crippen LogP contribution in [0.25, 0.3) is 0 Å². The van der Waals surface area contributed by atoms with Gasteiger partial charge in [0.05, 0.1) is 11.2 Å². The molecule has 0 aliphatic carbocycles. The molecule has 0 N–H and O–H groups in total. The summed E-state index contributed by atoms with van der Waals surface area (Å²) in [7, 11) is -3.44. The summed E-state index contributed by atoms with van der Waals surface area (Å²) in [5, 5.41) is 0. The van der Waals surface area contributed by atoms with Crippen molar-refractivity contribution in [3.05, 3.63) is 42.5 Å². The third-order valence-corrected chi connectivity index (χ3v) is 6.97. The minimum atomic E-state index is -3.44. The third-order valence-electron chi connectivity index (χ3n) is 5.08. The fourth-order valence-corrected chi connectivity index (χ4v) is 5.24. The first-order valence-corrected chi connectivity index (χ1v) is 10.4. The summed E-state index contributed by atoms with van der Waals surface area (Å²) < 4.78 is 29.0. The van der Waals surface area contributed by atoms with Gasteiger partial charge in [0, 0.05) is 37.7 Å². The van der Waals surface area contributed by atoms with E-state index >= 15 is 0 Å². The molecule has 2 aromatic rings. The van der Waals surface area contributed by atoms with E-state index in [-0.39, 0.29) is 12.5 Å². The monoisotopic (exact) mass is 374 g/mol. The number of amides is 1. The second-order valence-corrected chi connectivity index (χ2v) is 8.72. The van der Waals surface area contributed by atoms with E-state index in [4.69, 9.17) is 0 Å². The maximum atomic E-state index is 12.8. The summed E-state index contributed by atoms with van der Waals surface area (Å²) in [6, 6.07) is 5.14. The maximum Gasteiger partial charge on any atom is 0.246 e. The van der Waals surface area contributed by atoms with Crippen LogP contribution in [0.15, 0.2) is 41.8 Å². The van der Waals surface area contributed by atoms with Gasteiger partial charge in [0.15, 0.2) is 0 Å². The molecule has 2 aliphatic heterocycles. The van der Waals surface area contributed by atoms with Crippen LogP contribution in [-0.2, 0) is 27.8 Å². The zero-order valence-corrected chi connectivity index (χ0v) is 15.4. The highest BCUT2D eigenvalue weighted by Gasteiger charge is 2.30. The molecular formula is C18H22N4O3S. The number of carbonyl (C=O) groups is 1. The normalized spacial score (nSPS) is 18.1. The van der Waals surface area contributed by atoms with E-state index in [0.29, 0.717) is 31.0 Å². The van der Waals surface area contributed by atoms with Crippen LogP contribution < -0.4 is 4.90 Å². The van der Waals surface area contributed by atoms with Crippen LogP contribution in [-0.4, -0.2) is 47.8 Å². The first-order valence-electron chi connectivity index (χ1n) is 8.95. The van der Waals surface area contributed by atoms with Crippen LogP contribution in [0.3, 0.4) is 0 Å². The molecule has 8 heteroatoms. The Morgan fingerprint density at radius 1 is 1.12 bits per heavy atom. The Morgan fingerprint density at radius 3 is 2.65 bits per heavy atom. The van der Waals surface area contributed by atoms with E-state index < -0.39 is 10.0 Å². The standard InChI is InChI=1S/C18H22N4O3S/c23-18(13-20-11-7-19-14-20)22-10-6-15-12-16(4-5-17(15)22)26(24,25)21-8-2-1-3-9-21/h4-5,7,11-12,14H,1-3,6,8-10,13H2. The zero-order valence-electron chi connectivity index (χ0n) is 14.5. The predicted octanol–water partition coefficient (Wildman–Crippen LogP) is 1.65. The number of piperidine rings is 1. The molecule has 1 aromatic heterocycles. The highest BCUT2D eigenvalue weighted by molar-refractivity contribution is 7.89. The zero-order chi connectivity index (χ0) is 18.1. The first kappa shape index (κ1) is 17.2. The molecule has 1 amide bonds. The average Bonchev–Trinajstić information content (AvgIpc) is 3.31. The average molecular weight is 374 g/mol. The van der Waals surface area contributed by atoms with Gasteiger partial charge in [-0.05, 0) is 43.0 Å². The van der Waals surface area contributed by atoms with E-state index in [9.17, 15) is 13.2 Å². The van der Waals surface area contributed by atoms with Crippen LogP contribution in [0.2, 0.25) is 0 Å². The topological polar surface area (TPSA) is 75.5 Å². The molecule has 4 rings (SSSR count). The first-order chi connectivity index (χ1) is 12.6. The largest absolute Gasteiger partial charge is 0.328 e. The number of carbonyl (C=O) groups excluding carboxylic acids is 1. The van der Waals surface area contributed by atoms with Gasteiger partial charge in [-0.3, -0.25) is 4.79 Å². The SMILES string of the molecule is O=C(Cn1ccnc1)N1CCc2cc(S(=O)(=O)N3CCCCC3)ccc21. The van der Waals surface area contributed by atoms with Crippen LogP contribution in [0.1, 0.15) is 24.8 Å². The molecule has 0 unspecified atom stereocenters. The van der Waals surface area contributed by atoms with Crippen molar-refractivity contribution in [2.75, 3.05) is 24.5 Å². The third kappa shape index (κ3) is 3.14. The van der Waals surface area contributed by atoms with Gasteiger partial charge < -0.3 is 9.47 Å². The Balaban J connectivity index is 1.55. The van der Waals surface area contributed by atoms with Crippen molar-refractivity contribution in [3.8, 4) is 0 Å². The molecule has 7 nitrogen and oxygen atoms in total. The number of hydrogen-bond acceptors (Lipinski definition) is 4. The Labute approximate surface area is 153 Å². The van der Waals surface area contributed by atoms with Crippen molar-refractivity contribution in [3.63, 3.8) is 0 Å². The van der Waals surface area contributed by atoms with Gasteiger partial charge in [-0.25, -0.2) is 13.4 Å². The van der Waals surface area contributed by atoms with Gasteiger partial charge in [0.25, 0.3) is 0 Å². The van der Waals surface area contributed by atoms with Crippen molar-refractivity contribution in [1.82, 2.24) is 13.9 Å². The van der Waals surface area contributed by atoms with Gasteiger partial charge in [0.1, 0.15) is 6.54 Å². The number of sulfonamides is 1. The van der Waals surface area contributed by atoms with E-state index in [1.165, 1.54) is 0 Å². The molecule has 0 spiro atoms. The highest BCUT2D eigenvalue weighted by atomic mass is 32.2. The Bertz CT molecular complexity index is 903. The summed E-state index contributed by atoms with van der Waals surface area (Å²) in [5.41, 5.74) is 1.73. The van der Waals surface area contributed by atoms with Gasteiger partial charge >= 0.3 is 0 Å². The Kier molecular flexibility index (Phi) is 4.54. The summed E-state index contributed by atoms with van der Waals surface area (Å²) in [4.78, 5) is 18.6. The number of rotatable bonds is 4. The van der Waals surface area contributed by atoms with Crippen molar-refractivity contribution in [1.29, 1.82) is 0 Å². The van der Waals surface area contributed by atoms with Crippen LogP contribution in [0.4, 0.5) is 5.69 Å². The lowest BCUT2D eigenvalue weighted by molar-refractivity contribution is -0.119. The molecule has 1 aromatic carbocycles. The lowest BCUT2D eigenvalue weighted by Crippen LogP contribution is -2.35. The quantitative estimate of drug-likeness (QED) is 0.815. The number of nitrogens with zero attached hydrogens (tertiary/aromatic N) is 4. The van der Waals surface area contributed by atoms with E-state index in [0.717, 1.165) is 30.5 Å². The lowest BCUT2D eigenvalue weighted by atomic mass is 10.2. The molecule has 2 aliphatic rings. The fourth-order valence-electron chi connectivity index (χ4n) is 3.67. The molecule has 1 saturated heterocycles. The number of aromatic nitrogens is 2. The molecule has 138 valence electrons.